The van der Waals surface area contributed by atoms with E-state index in [1.165, 1.54) is 0 Å². The molecule has 0 spiro atoms. The lowest BCUT2D eigenvalue weighted by Crippen LogP contribution is -2.22. The number of fused-ring (bicyclic) bond motifs is 1. The predicted octanol–water partition coefficient (Wildman–Crippen LogP) is 2.70. The molecule has 90 valence electrons. The Morgan fingerprint density at radius 1 is 1.12 bits per heavy atom. The molecule has 0 aromatic heterocycles. The first kappa shape index (κ1) is 12.0. The van der Waals surface area contributed by atoms with Crippen molar-refractivity contribution in [1.82, 2.24) is 4.72 Å². The number of nitrogens with one attached hydrogen (secondary N) is 1. The van der Waals surface area contributed by atoms with Gasteiger partial charge in [0.15, 0.2) is 0 Å². The fraction of sp³-hybridized carbons (Fsp3) is 0.167. The molecule has 2 rings (SSSR count). The van der Waals surface area contributed by atoms with E-state index in [1.54, 1.807) is 13.0 Å². The summed E-state index contributed by atoms with van der Waals surface area (Å²) in [7, 11) is -4.69. The second-order valence-electron chi connectivity index (χ2n) is 3.85. The minimum absolute atomic E-state index is 0.601. The van der Waals surface area contributed by atoms with E-state index in [4.69, 9.17) is 0 Å². The molecule has 0 saturated carbocycles. The van der Waals surface area contributed by atoms with Crippen molar-refractivity contribution in [3.63, 3.8) is 0 Å². The summed E-state index contributed by atoms with van der Waals surface area (Å²) < 4.78 is 35.7. The minimum atomic E-state index is -4.69. The van der Waals surface area contributed by atoms with Gasteiger partial charge in [0.2, 0.25) is 0 Å². The second-order valence-corrected chi connectivity index (χ2v) is 4.96. The lowest BCUT2D eigenvalue weighted by atomic mass is 10.0. The van der Waals surface area contributed by atoms with Gasteiger partial charge in [0.1, 0.15) is 0 Å². The molecule has 0 amide bonds. The first-order valence-electron chi connectivity index (χ1n) is 5.17. The Labute approximate surface area is 99.6 Å². The van der Waals surface area contributed by atoms with Crippen molar-refractivity contribution in [2.45, 2.75) is 13.0 Å². The van der Waals surface area contributed by atoms with Crippen LogP contribution in [-0.2, 0) is 10.4 Å². The van der Waals surface area contributed by atoms with Gasteiger partial charge in [0.25, 0.3) is 0 Å². The van der Waals surface area contributed by atoms with Crippen LogP contribution in [-0.4, -0.2) is 8.42 Å². The summed E-state index contributed by atoms with van der Waals surface area (Å²) in [5, 5.41) is 1.91. The highest BCUT2D eigenvalue weighted by Crippen LogP contribution is 2.24. The fourth-order valence-electron chi connectivity index (χ4n) is 1.90. The van der Waals surface area contributed by atoms with Crippen molar-refractivity contribution in [3.8, 4) is 0 Å². The quantitative estimate of drug-likeness (QED) is 0.855. The summed E-state index contributed by atoms with van der Waals surface area (Å²) in [5.41, 5.74) is 0.754. The van der Waals surface area contributed by atoms with Crippen molar-refractivity contribution in [2.24, 2.45) is 0 Å². The van der Waals surface area contributed by atoms with E-state index in [9.17, 15) is 12.3 Å². The predicted molar refractivity (Wildman–Crippen MR) is 65.5 cm³/mol. The molecular weight excluding hydrogens is 241 g/mol. The Kier molecular flexibility index (Phi) is 3.13. The zero-order chi connectivity index (χ0) is 12.5. The molecule has 0 radical (unpaired) electrons. The molecule has 0 bridgehead atoms. The summed E-state index contributed by atoms with van der Waals surface area (Å²) in [5.74, 6) is 0. The third-order valence-electron chi connectivity index (χ3n) is 2.61. The van der Waals surface area contributed by atoms with Crippen LogP contribution in [0.5, 0.6) is 0 Å². The normalized spacial score (nSPS) is 13.8. The first-order valence-corrected chi connectivity index (χ1v) is 6.55. The van der Waals surface area contributed by atoms with Gasteiger partial charge in [-0.05, 0) is 23.3 Å². The molecule has 0 heterocycles. The number of rotatable bonds is 3. The largest absolute Gasteiger partial charge is 0.372 e. The van der Waals surface area contributed by atoms with Crippen molar-refractivity contribution in [2.75, 3.05) is 0 Å². The van der Waals surface area contributed by atoms with Gasteiger partial charge in [-0.3, -0.25) is 0 Å². The Morgan fingerprint density at radius 3 is 2.47 bits per heavy atom. The van der Waals surface area contributed by atoms with Crippen LogP contribution in [0.1, 0.15) is 18.5 Å². The summed E-state index contributed by atoms with van der Waals surface area (Å²) in [6.45, 7) is 1.61. The van der Waals surface area contributed by atoms with Crippen LogP contribution in [0.15, 0.2) is 42.5 Å². The van der Waals surface area contributed by atoms with Gasteiger partial charge < -0.3 is 0 Å². The molecule has 2 aromatic carbocycles. The molecule has 0 fully saturated rings. The van der Waals surface area contributed by atoms with Gasteiger partial charge in [-0.15, -0.1) is 0 Å². The van der Waals surface area contributed by atoms with Crippen molar-refractivity contribution < 1.29 is 12.3 Å². The molecule has 0 saturated heterocycles. The lowest BCUT2D eigenvalue weighted by molar-refractivity contribution is 0.522. The standard InChI is InChI=1S/C12H12FNO2S/c1-9(14-17(13,15)16)11-8-4-6-10-5-2-3-7-12(10)11/h2-9,14H,1H3/t9-/m0/s1. The SMILES string of the molecule is C[C@H](NS(=O)(=O)F)c1cccc2ccccc12. The molecule has 17 heavy (non-hydrogen) atoms. The smallest absolute Gasteiger partial charge is 0.181 e. The third-order valence-corrected chi connectivity index (χ3v) is 3.24. The van der Waals surface area contributed by atoms with Gasteiger partial charge in [-0.1, -0.05) is 46.4 Å². The maximum absolute atomic E-state index is 12.6. The second kappa shape index (κ2) is 4.43. The van der Waals surface area contributed by atoms with Crippen LogP contribution < -0.4 is 4.72 Å². The zero-order valence-electron chi connectivity index (χ0n) is 9.22. The number of hydrogen-bond acceptors (Lipinski definition) is 2. The average molecular weight is 253 g/mol. The molecule has 0 unspecified atom stereocenters. The summed E-state index contributed by atoms with van der Waals surface area (Å²) in [6, 6.07) is 12.5. The van der Waals surface area contributed by atoms with Crippen LogP contribution in [0.4, 0.5) is 3.89 Å². The molecule has 1 atom stereocenters. The van der Waals surface area contributed by atoms with Gasteiger partial charge in [-0.2, -0.15) is 13.1 Å². The van der Waals surface area contributed by atoms with Crippen molar-refractivity contribution >= 4 is 21.2 Å². The van der Waals surface area contributed by atoms with E-state index in [0.29, 0.717) is 0 Å². The van der Waals surface area contributed by atoms with Crippen LogP contribution >= 0.6 is 0 Å². The maximum Gasteiger partial charge on any atom is 0.372 e. The number of halogens is 1. The van der Waals surface area contributed by atoms with E-state index in [1.807, 2.05) is 41.1 Å². The highest BCUT2D eigenvalue weighted by molar-refractivity contribution is 7.84. The molecule has 3 nitrogen and oxygen atoms in total. The van der Waals surface area contributed by atoms with E-state index >= 15 is 0 Å². The van der Waals surface area contributed by atoms with E-state index < -0.39 is 16.5 Å². The Bertz CT molecular complexity index is 635. The van der Waals surface area contributed by atoms with E-state index in [2.05, 4.69) is 0 Å². The Balaban J connectivity index is 2.48. The van der Waals surface area contributed by atoms with Gasteiger partial charge >= 0.3 is 10.4 Å². The molecule has 5 heteroatoms. The highest BCUT2D eigenvalue weighted by atomic mass is 32.3. The van der Waals surface area contributed by atoms with Gasteiger partial charge in [0, 0.05) is 6.04 Å². The van der Waals surface area contributed by atoms with Gasteiger partial charge in [0.05, 0.1) is 0 Å². The van der Waals surface area contributed by atoms with Crippen LogP contribution in [0.3, 0.4) is 0 Å². The third kappa shape index (κ3) is 2.81. The first-order chi connectivity index (χ1) is 7.97. The molecule has 1 N–H and O–H groups in total. The Hall–Kier alpha value is -1.46. The Morgan fingerprint density at radius 2 is 1.76 bits per heavy atom. The fourth-order valence-corrected chi connectivity index (χ4v) is 2.45. The van der Waals surface area contributed by atoms with Crippen molar-refractivity contribution in [1.29, 1.82) is 0 Å². The molecule has 2 aromatic rings. The molecule has 0 aliphatic carbocycles. The molecule has 0 aliphatic heterocycles. The summed E-state index contributed by atoms with van der Waals surface area (Å²) in [4.78, 5) is 0. The minimum Gasteiger partial charge on any atom is -0.181 e. The van der Waals surface area contributed by atoms with E-state index in [0.717, 1.165) is 16.3 Å². The molecule has 0 aliphatic rings. The average Bonchev–Trinajstić information content (AvgIpc) is 2.26. The van der Waals surface area contributed by atoms with E-state index in [-0.39, 0.29) is 0 Å². The summed E-state index contributed by atoms with van der Waals surface area (Å²) in [6.07, 6.45) is 0. The highest BCUT2D eigenvalue weighted by Gasteiger charge is 2.15. The van der Waals surface area contributed by atoms with Crippen molar-refractivity contribution in [3.05, 3.63) is 48.0 Å². The van der Waals surface area contributed by atoms with Gasteiger partial charge in [-0.25, -0.2) is 0 Å². The molecular formula is C12H12FNO2S. The van der Waals surface area contributed by atoms with Crippen LogP contribution in [0.25, 0.3) is 10.8 Å². The topological polar surface area (TPSA) is 46.2 Å². The summed E-state index contributed by atoms with van der Waals surface area (Å²) >= 11 is 0. The van der Waals surface area contributed by atoms with Crippen LogP contribution in [0, 0.1) is 0 Å². The number of benzene rings is 2. The zero-order valence-corrected chi connectivity index (χ0v) is 10.0. The van der Waals surface area contributed by atoms with Crippen LogP contribution in [0.2, 0.25) is 0 Å². The lowest BCUT2D eigenvalue weighted by Gasteiger charge is -2.13. The maximum atomic E-state index is 12.6. The number of hydrogen-bond donors (Lipinski definition) is 1. The monoisotopic (exact) mass is 253 g/mol.